The summed E-state index contributed by atoms with van der Waals surface area (Å²) in [5, 5.41) is 0. The van der Waals surface area contributed by atoms with Crippen molar-refractivity contribution in [3.8, 4) is 0 Å². The number of carbonyl (C=O) groups excluding carboxylic acids is 1. The van der Waals surface area contributed by atoms with Gasteiger partial charge in [-0.05, 0) is 36.9 Å². The highest BCUT2D eigenvalue weighted by molar-refractivity contribution is 7.98. The molecule has 1 saturated heterocycles. The van der Waals surface area contributed by atoms with Crippen LogP contribution in [0, 0.1) is 12.7 Å². The van der Waals surface area contributed by atoms with E-state index in [-0.39, 0.29) is 11.7 Å². The third-order valence-electron chi connectivity index (χ3n) is 4.69. The summed E-state index contributed by atoms with van der Waals surface area (Å²) in [5.74, 6) is -0.0653. The van der Waals surface area contributed by atoms with E-state index in [4.69, 9.17) is 0 Å². The zero-order valence-electron chi connectivity index (χ0n) is 14.7. The van der Waals surface area contributed by atoms with Gasteiger partial charge in [-0.3, -0.25) is 9.69 Å². The van der Waals surface area contributed by atoms with Gasteiger partial charge in [-0.1, -0.05) is 24.3 Å². The van der Waals surface area contributed by atoms with E-state index < -0.39 is 0 Å². The number of benzene rings is 2. The van der Waals surface area contributed by atoms with Gasteiger partial charge in [0, 0.05) is 48.7 Å². The minimum atomic E-state index is -0.162. The lowest BCUT2D eigenvalue weighted by atomic mass is 10.1. The van der Waals surface area contributed by atoms with Crippen LogP contribution < -0.4 is 0 Å². The van der Waals surface area contributed by atoms with Gasteiger partial charge < -0.3 is 4.90 Å². The number of hydrogen-bond donors (Lipinski definition) is 0. The fourth-order valence-corrected chi connectivity index (χ4v) is 3.55. The maximum Gasteiger partial charge on any atom is 0.254 e. The van der Waals surface area contributed by atoms with Crippen LogP contribution in [0.2, 0.25) is 0 Å². The summed E-state index contributed by atoms with van der Waals surface area (Å²) in [5.41, 5.74) is 2.51. The van der Waals surface area contributed by atoms with Gasteiger partial charge in [-0.15, -0.1) is 11.8 Å². The van der Waals surface area contributed by atoms with Crippen LogP contribution in [0.15, 0.2) is 47.4 Å². The van der Waals surface area contributed by atoms with Gasteiger partial charge in [0.15, 0.2) is 0 Å². The minimum absolute atomic E-state index is 0.0962. The summed E-state index contributed by atoms with van der Waals surface area (Å²) < 4.78 is 13.8. The van der Waals surface area contributed by atoms with Gasteiger partial charge in [0.2, 0.25) is 0 Å². The number of nitrogens with zero attached hydrogens (tertiary/aromatic N) is 2. The van der Waals surface area contributed by atoms with Crippen molar-refractivity contribution in [3.05, 3.63) is 65.0 Å². The van der Waals surface area contributed by atoms with Crippen molar-refractivity contribution in [1.29, 1.82) is 0 Å². The Hall–Kier alpha value is -1.85. The van der Waals surface area contributed by atoms with Gasteiger partial charge in [-0.25, -0.2) is 4.39 Å². The molecule has 0 saturated carbocycles. The van der Waals surface area contributed by atoms with E-state index in [2.05, 4.69) is 4.90 Å². The molecular weight excluding hydrogens is 335 g/mol. The Morgan fingerprint density at radius 3 is 2.52 bits per heavy atom. The second kappa shape index (κ2) is 8.02. The van der Waals surface area contributed by atoms with Crippen molar-refractivity contribution in [2.24, 2.45) is 0 Å². The first kappa shape index (κ1) is 18.0. The molecule has 0 aromatic heterocycles. The smallest absolute Gasteiger partial charge is 0.254 e. The van der Waals surface area contributed by atoms with Gasteiger partial charge >= 0.3 is 0 Å². The standard InChI is InChI=1S/C20H23FN2OS/c1-15-7-8-17(25-2)13-18(15)20(24)23-11-9-22(10-12-23)14-16-5-3-4-6-19(16)21/h3-8,13H,9-12,14H2,1-2H3. The molecule has 2 aromatic rings. The molecule has 0 N–H and O–H groups in total. The van der Waals surface area contributed by atoms with Crippen LogP contribution in [0.5, 0.6) is 0 Å². The van der Waals surface area contributed by atoms with Crippen molar-refractivity contribution in [2.45, 2.75) is 18.4 Å². The van der Waals surface area contributed by atoms with Crippen molar-refractivity contribution in [2.75, 3.05) is 32.4 Å². The third-order valence-corrected chi connectivity index (χ3v) is 5.41. The fraction of sp³-hybridized carbons (Fsp3) is 0.350. The van der Waals surface area contributed by atoms with Gasteiger partial charge in [0.1, 0.15) is 5.82 Å². The number of halogens is 1. The number of piperazine rings is 1. The highest BCUT2D eigenvalue weighted by atomic mass is 32.2. The highest BCUT2D eigenvalue weighted by Crippen LogP contribution is 2.21. The van der Waals surface area contributed by atoms with Crippen LogP contribution in [0.4, 0.5) is 4.39 Å². The average Bonchev–Trinajstić information content (AvgIpc) is 2.64. The second-order valence-corrected chi connectivity index (χ2v) is 7.22. The molecule has 0 spiro atoms. The Labute approximate surface area is 152 Å². The molecule has 0 aliphatic carbocycles. The van der Waals surface area contributed by atoms with Crippen molar-refractivity contribution < 1.29 is 9.18 Å². The Kier molecular flexibility index (Phi) is 5.76. The largest absolute Gasteiger partial charge is 0.336 e. The predicted molar refractivity (Wildman–Crippen MR) is 101 cm³/mol. The monoisotopic (exact) mass is 358 g/mol. The van der Waals surface area contributed by atoms with E-state index in [1.165, 1.54) is 6.07 Å². The molecule has 5 heteroatoms. The Bertz CT molecular complexity index is 757. The topological polar surface area (TPSA) is 23.6 Å². The van der Waals surface area contributed by atoms with Gasteiger partial charge in [-0.2, -0.15) is 0 Å². The summed E-state index contributed by atoms with van der Waals surface area (Å²) in [7, 11) is 0. The molecule has 1 heterocycles. The zero-order valence-corrected chi connectivity index (χ0v) is 15.5. The highest BCUT2D eigenvalue weighted by Gasteiger charge is 2.23. The molecule has 1 fully saturated rings. The van der Waals surface area contributed by atoms with Crippen LogP contribution in [0.1, 0.15) is 21.5 Å². The molecule has 25 heavy (non-hydrogen) atoms. The first-order chi connectivity index (χ1) is 12.1. The minimum Gasteiger partial charge on any atom is -0.336 e. The molecule has 3 rings (SSSR count). The summed E-state index contributed by atoms with van der Waals surface area (Å²) in [6, 6.07) is 12.9. The number of carbonyl (C=O) groups is 1. The SMILES string of the molecule is CSc1ccc(C)c(C(=O)N2CCN(Cc3ccccc3F)CC2)c1. The lowest BCUT2D eigenvalue weighted by Crippen LogP contribution is -2.48. The van der Waals surface area contributed by atoms with Crippen LogP contribution in [0.3, 0.4) is 0 Å². The zero-order chi connectivity index (χ0) is 17.8. The molecule has 132 valence electrons. The maximum atomic E-state index is 13.8. The summed E-state index contributed by atoms with van der Waals surface area (Å²) in [6.45, 7) is 5.45. The van der Waals surface area contributed by atoms with Crippen molar-refractivity contribution in [3.63, 3.8) is 0 Å². The van der Waals surface area contributed by atoms with E-state index in [0.29, 0.717) is 25.2 Å². The number of aryl methyl sites for hydroxylation is 1. The Morgan fingerprint density at radius 1 is 1.12 bits per heavy atom. The molecule has 1 amide bonds. The molecule has 0 radical (unpaired) electrons. The number of thioether (sulfide) groups is 1. The van der Waals surface area contributed by atoms with Crippen LogP contribution >= 0.6 is 11.8 Å². The molecule has 1 aliphatic heterocycles. The molecule has 1 aliphatic rings. The van der Waals surface area contributed by atoms with Crippen LogP contribution in [0.25, 0.3) is 0 Å². The molecule has 3 nitrogen and oxygen atoms in total. The van der Waals surface area contributed by atoms with Crippen molar-refractivity contribution >= 4 is 17.7 Å². The summed E-state index contributed by atoms with van der Waals surface area (Å²) in [6.07, 6.45) is 2.01. The first-order valence-corrected chi connectivity index (χ1v) is 9.70. The molecule has 0 atom stereocenters. The quantitative estimate of drug-likeness (QED) is 0.777. The van der Waals surface area contributed by atoms with Crippen LogP contribution in [-0.4, -0.2) is 48.1 Å². The molecule has 0 bridgehead atoms. The van der Waals surface area contributed by atoms with E-state index in [1.807, 2.05) is 48.4 Å². The average molecular weight is 358 g/mol. The third kappa shape index (κ3) is 4.22. The Balaban J connectivity index is 1.62. The van der Waals surface area contributed by atoms with E-state index in [9.17, 15) is 9.18 Å². The molecular formula is C20H23FN2OS. The fourth-order valence-electron chi connectivity index (χ4n) is 3.11. The summed E-state index contributed by atoms with van der Waals surface area (Å²) in [4.78, 5) is 18.1. The summed E-state index contributed by atoms with van der Waals surface area (Å²) >= 11 is 1.64. The molecule has 2 aromatic carbocycles. The maximum absolute atomic E-state index is 13.8. The molecule has 0 unspecified atom stereocenters. The van der Waals surface area contributed by atoms with Gasteiger partial charge in [0.25, 0.3) is 5.91 Å². The van der Waals surface area contributed by atoms with Crippen molar-refractivity contribution in [1.82, 2.24) is 9.80 Å². The van der Waals surface area contributed by atoms with Crippen LogP contribution in [-0.2, 0) is 6.54 Å². The lowest BCUT2D eigenvalue weighted by Gasteiger charge is -2.35. The normalized spacial score (nSPS) is 15.4. The van der Waals surface area contributed by atoms with E-state index >= 15 is 0 Å². The number of amides is 1. The number of hydrogen-bond acceptors (Lipinski definition) is 3. The predicted octanol–water partition coefficient (Wildman–Crippen LogP) is 3.81. The number of rotatable bonds is 4. The van der Waals surface area contributed by atoms with E-state index in [0.717, 1.165) is 29.1 Å². The lowest BCUT2D eigenvalue weighted by molar-refractivity contribution is 0.0626. The van der Waals surface area contributed by atoms with Gasteiger partial charge in [0.05, 0.1) is 0 Å². The van der Waals surface area contributed by atoms with E-state index in [1.54, 1.807) is 17.8 Å². The first-order valence-electron chi connectivity index (χ1n) is 8.48. The Morgan fingerprint density at radius 2 is 1.84 bits per heavy atom. The second-order valence-electron chi connectivity index (χ2n) is 6.34.